The van der Waals surface area contributed by atoms with Gasteiger partial charge in [-0.05, 0) is 113 Å². The van der Waals surface area contributed by atoms with Crippen LogP contribution in [0.1, 0.15) is 100 Å². The zero-order chi connectivity index (χ0) is 30.3. The maximum absolute atomic E-state index is 7.06. The van der Waals surface area contributed by atoms with Crippen molar-refractivity contribution in [2.45, 2.75) is 149 Å². The smallest absolute Gasteiger partial charge is 0.192 e. The third-order valence-electron chi connectivity index (χ3n) is 11.8. The average Bonchev–Trinajstić information content (AvgIpc) is 3.16. The van der Waals surface area contributed by atoms with Crippen molar-refractivity contribution < 1.29 is 8.85 Å². The minimum Gasteiger partial charge on any atom is -0.413 e. The first-order valence-electron chi connectivity index (χ1n) is 15.9. The highest BCUT2D eigenvalue weighted by Gasteiger charge is 2.50. The van der Waals surface area contributed by atoms with E-state index in [2.05, 4.69) is 133 Å². The van der Waals surface area contributed by atoms with Gasteiger partial charge in [0.1, 0.15) is 0 Å². The highest BCUT2D eigenvalue weighted by molar-refractivity contribution is 14.1. The molecule has 3 rings (SSSR count). The summed E-state index contributed by atoms with van der Waals surface area (Å²) in [5.74, 6) is 2.15. The molecule has 0 unspecified atom stereocenters. The molecule has 0 radical (unpaired) electrons. The second-order valence-electron chi connectivity index (χ2n) is 16.5. The lowest BCUT2D eigenvalue weighted by atomic mass is 9.61. The molecule has 0 spiro atoms. The van der Waals surface area contributed by atoms with Gasteiger partial charge in [-0.25, -0.2) is 0 Å². The maximum Gasteiger partial charge on any atom is 0.192 e. The van der Waals surface area contributed by atoms with E-state index < -0.39 is 16.6 Å². The summed E-state index contributed by atoms with van der Waals surface area (Å²) in [5, 5.41) is 0.361. The van der Waals surface area contributed by atoms with Gasteiger partial charge in [0, 0.05) is 6.42 Å². The topological polar surface area (TPSA) is 18.5 Å². The molecule has 0 aromatic heterocycles. The molecular weight excluding hydrogens is 635 g/mol. The highest BCUT2D eigenvalue weighted by Crippen LogP contribution is 2.59. The second kappa shape index (κ2) is 12.6. The van der Waals surface area contributed by atoms with Crippen LogP contribution in [0.3, 0.4) is 0 Å². The van der Waals surface area contributed by atoms with E-state index in [0.29, 0.717) is 17.3 Å². The molecule has 40 heavy (non-hydrogen) atoms. The Kier molecular flexibility index (Phi) is 10.9. The lowest BCUT2D eigenvalue weighted by Crippen LogP contribution is -2.49. The lowest BCUT2D eigenvalue weighted by Gasteiger charge is -2.45. The van der Waals surface area contributed by atoms with Gasteiger partial charge in [-0.3, -0.25) is 0 Å². The molecule has 5 heteroatoms. The summed E-state index contributed by atoms with van der Waals surface area (Å²) < 4.78 is 16.3. The molecule has 0 bridgehead atoms. The van der Waals surface area contributed by atoms with Crippen LogP contribution in [0, 0.1) is 23.2 Å². The van der Waals surface area contributed by atoms with Crippen molar-refractivity contribution in [2.24, 2.45) is 23.2 Å². The zero-order valence-electron chi connectivity index (χ0n) is 28.0. The Bertz CT molecular complexity index is 1010. The van der Waals surface area contributed by atoms with Gasteiger partial charge in [0.15, 0.2) is 16.6 Å². The Balaban J connectivity index is 1.93. The monoisotopic (exact) mass is 696 g/mol. The summed E-state index contributed by atoms with van der Waals surface area (Å²) in [5.41, 5.74) is 4.65. The Labute approximate surface area is 264 Å². The highest BCUT2D eigenvalue weighted by atomic mass is 127. The number of fused-ring (bicyclic) bond motifs is 1. The van der Waals surface area contributed by atoms with Crippen LogP contribution in [-0.2, 0) is 8.85 Å². The van der Waals surface area contributed by atoms with Crippen LogP contribution in [0.5, 0.6) is 0 Å². The molecule has 3 aliphatic rings. The third-order valence-corrected chi connectivity index (χ3v) is 21.2. The molecule has 3 saturated carbocycles. The first-order valence-corrected chi connectivity index (χ1v) is 23.0. The van der Waals surface area contributed by atoms with Crippen molar-refractivity contribution in [1.29, 1.82) is 0 Å². The SMILES string of the molecule is C=C1/C(=C/C=C2\CCC[C@]3(C)[C@@H]([C@H](C)/C=C/I)CC[C@@H]23)C[C@@H](O[Si](C)(C)C(C)(C)C)C[C@@H]1O[Si](C)(C)C(C)(C)C. The Morgan fingerprint density at radius 2 is 1.57 bits per heavy atom. The molecule has 0 heterocycles. The van der Waals surface area contributed by atoms with Gasteiger partial charge in [0.2, 0.25) is 0 Å². The quantitative estimate of drug-likeness (QED) is 0.195. The Morgan fingerprint density at radius 3 is 2.15 bits per heavy atom. The van der Waals surface area contributed by atoms with Crippen molar-refractivity contribution in [3.63, 3.8) is 0 Å². The van der Waals surface area contributed by atoms with Crippen molar-refractivity contribution >= 4 is 39.2 Å². The molecule has 0 aromatic carbocycles. The van der Waals surface area contributed by atoms with E-state index in [-0.39, 0.29) is 22.3 Å². The molecule has 2 nitrogen and oxygen atoms in total. The van der Waals surface area contributed by atoms with Gasteiger partial charge in [0.05, 0.1) is 12.2 Å². The van der Waals surface area contributed by atoms with Crippen molar-refractivity contribution in [2.75, 3.05) is 0 Å². The van der Waals surface area contributed by atoms with Crippen LogP contribution in [0.4, 0.5) is 0 Å². The van der Waals surface area contributed by atoms with Gasteiger partial charge in [-0.2, -0.15) is 0 Å². The number of halogens is 1. The predicted octanol–water partition coefficient (Wildman–Crippen LogP) is 11.8. The van der Waals surface area contributed by atoms with E-state index in [1.165, 1.54) is 43.3 Å². The fraction of sp³-hybridized carbons (Fsp3) is 0.771. The second-order valence-corrected chi connectivity index (χ2v) is 26.8. The number of allylic oxidation sites excluding steroid dienone is 4. The molecule has 6 atom stereocenters. The minimum atomic E-state index is -1.95. The van der Waals surface area contributed by atoms with Gasteiger partial charge in [-0.15, -0.1) is 0 Å². The van der Waals surface area contributed by atoms with Gasteiger partial charge >= 0.3 is 0 Å². The van der Waals surface area contributed by atoms with Crippen molar-refractivity contribution in [3.8, 4) is 0 Å². The largest absolute Gasteiger partial charge is 0.413 e. The molecular formula is C35H61IO2Si2. The van der Waals surface area contributed by atoms with Crippen molar-refractivity contribution in [3.05, 3.63) is 45.6 Å². The van der Waals surface area contributed by atoms with Gasteiger partial charge in [-0.1, -0.05) is 108 Å². The summed E-state index contributed by atoms with van der Waals surface area (Å²) in [6, 6.07) is 0. The minimum absolute atomic E-state index is 0.0439. The van der Waals surface area contributed by atoms with E-state index in [9.17, 15) is 0 Å². The molecule has 3 fully saturated rings. The molecule has 0 aliphatic heterocycles. The number of rotatable bonds is 7. The lowest BCUT2D eigenvalue weighted by molar-refractivity contribution is 0.0969. The molecule has 228 valence electrons. The van der Waals surface area contributed by atoms with E-state index in [4.69, 9.17) is 8.85 Å². The molecule has 0 saturated heterocycles. The normalized spacial score (nSPS) is 33.7. The first-order chi connectivity index (χ1) is 18.2. The molecule has 0 amide bonds. The standard InChI is InChI=1S/C35H61IO2Si2/c1-25(20-22-36)30-18-19-31-27(15-14-21-35(30,31)9)16-17-28-23-29(37-39(10,11)33(3,4)5)24-32(26(28)2)38-40(12,13)34(6,7)8/h16-17,20,22,25,29-32H,2,14-15,18-19,21,23-24H2,1,3-13H3/b22-20+,27-16+,28-17+/t25-,29-,30-,31+,32+,35-/m1/s1. The zero-order valence-corrected chi connectivity index (χ0v) is 32.2. The predicted molar refractivity (Wildman–Crippen MR) is 189 cm³/mol. The summed E-state index contributed by atoms with van der Waals surface area (Å²) >= 11 is 2.39. The van der Waals surface area contributed by atoms with Gasteiger partial charge < -0.3 is 8.85 Å². The summed E-state index contributed by atoms with van der Waals surface area (Å²) in [6.45, 7) is 33.3. The number of hydrogen-bond donors (Lipinski definition) is 0. The van der Waals surface area contributed by atoms with Crippen LogP contribution in [0.15, 0.2) is 45.6 Å². The van der Waals surface area contributed by atoms with Crippen molar-refractivity contribution in [1.82, 2.24) is 0 Å². The Morgan fingerprint density at radius 1 is 0.975 bits per heavy atom. The van der Waals surface area contributed by atoms with Crippen LogP contribution < -0.4 is 0 Å². The summed E-state index contributed by atoms with van der Waals surface area (Å²) in [6.07, 6.45) is 16.1. The van der Waals surface area contributed by atoms with Crippen LogP contribution in [0.25, 0.3) is 0 Å². The van der Waals surface area contributed by atoms with Crippen LogP contribution >= 0.6 is 22.6 Å². The maximum atomic E-state index is 7.06. The fourth-order valence-corrected chi connectivity index (χ4v) is 10.5. The van der Waals surface area contributed by atoms with E-state index in [1.54, 1.807) is 5.57 Å². The molecule has 3 aliphatic carbocycles. The van der Waals surface area contributed by atoms with Gasteiger partial charge in [0.25, 0.3) is 0 Å². The first kappa shape index (κ1) is 34.5. The summed E-state index contributed by atoms with van der Waals surface area (Å²) in [7, 11) is -3.85. The van der Waals surface area contributed by atoms with Crippen LogP contribution in [0.2, 0.25) is 36.3 Å². The average molecular weight is 697 g/mol. The van der Waals surface area contributed by atoms with Crippen LogP contribution in [-0.4, -0.2) is 28.8 Å². The third kappa shape index (κ3) is 7.39. The van der Waals surface area contributed by atoms with E-state index in [1.807, 2.05) is 0 Å². The summed E-state index contributed by atoms with van der Waals surface area (Å²) in [4.78, 5) is 0. The van der Waals surface area contributed by atoms with E-state index in [0.717, 1.165) is 18.8 Å². The fourth-order valence-electron chi connectivity index (χ4n) is 7.16. The Hall–Kier alpha value is 0.0438. The van der Waals surface area contributed by atoms with E-state index >= 15 is 0 Å². The molecule has 0 N–H and O–H groups in total. The molecule has 0 aromatic rings. The number of hydrogen-bond acceptors (Lipinski definition) is 2.